The van der Waals surface area contributed by atoms with Crippen molar-refractivity contribution in [2.75, 3.05) is 32.8 Å². The number of hydrogen-bond acceptors (Lipinski definition) is 4. The molecule has 17 heavy (non-hydrogen) atoms. The molecule has 4 N–H and O–H groups in total. The molecule has 0 saturated heterocycles. The van der Waals surface area contributed by atoms with Crippen LogP contribution in [0.3, 0.4) is 0 Å². The molecule has 1 aromatic rings. The Labute approximate surface area is 104 Å². The highest BCUT2D eigenvalue weighted by Crippen LogP contribution is 2.11. The zero-order chi connectivity index (χ0) is 12.3. The monoisotopic (exact) mass is 237 g/mol. The molecule has 96 valence electrons. The molecule has 0 fully saturated rings. The van der Waals surface area contributed by atoms with Gasteiger partial charge in [0.25, 0.3) is 0 Å². The third-order valence-corrected chi connectivity index (χ3v) is 2.36. The topological polar surface area (TPSA) is 59.3 Å². The van der Waals surface area contributed by atoms with Crippen LogP contribution in [-0.4, -0.2) is 32.8 Å². The van der Waals surface area contributed by atoms with E-state index >= 15 is 0 Å². The summed E-state index contributed by atoms with van der Waals surface area (Å²) >= 11 is 0. The Morgan fingerprint density at radius 3 is 2.41 bits per heavy atom. The Hall–Kier alpha value is -1.10. The first-order valence-electron chi connectivity index (χ1n) is 6.20. The molecule has 1 aromatic carbocycles. The van der Waals surface area contributed by atoms with E-state index in [0.717, 1.165) is 31.9 Å². The molecule has 0 radical (unpaired) electrons. The van der Waals surface area contributed by atoms with Crippen LogP contribution < -0.4 is 21.1 Å². The summed E-state index contributed by atoms with van der Waals surface area (Å²) in [6.07, 6.45) is 0. The van der Waals surface area contributed by atoms with Crippen LogP contribution in [0.25, 0.3) is 0 Å². The smallest absolute Gasteiger partial charge is 0.119 e. The maximum atomic E-state index is 5.39. The summed E-state index contributed by atoms with van der Waals surface area (Å²) in [6.45, 7) is 7.07. The molecule has 0 spiro atoms. The number of rotatable bonds is 9. The summed E-state index contributed by atoms with van der Waals surface area (Å²) in [4.78, 5) is 0. The molecular weight excluding hydrogens is 214 g/mol. The van der Waals surface area contributed by atoms with E-state index in [4.69, 9.17) is 10.5 Å². The zero-order valence-electron chi connectivity index (χ0n) is 10.5. The standard InChI is InChI=1S/C13H23N3O/c1-2-17-13-5-3-12(4-6-13)11-16-10-9-15-8-7-14/h3-6,15-16H,2,7-11,14H2,1H3. The summed E-state index contributed by atoms with van der Waals surface area (Å²) in [5.41, 5.74) is 6.65. The second kappa shape index (κ2) is 8.98. The Balaban J connectivity index is 2.14. The third kappa shape index (κ3) is 6.26. The van der Waals surface area contributed by atoms with Crippen molar-refractivity contribution in [2.24, 2.45) is 5.73 Å². The first kappa shape index (κ1) is 14.0. The molecule has 0 saturated carbocycles. The van der Waals surface area contributed by atoms with E-state index in [2.05, 4.69) is 22.8 Å². The Morgan fingerprint density at radius 1 is 1.06 bits per heavy atom. The summed E-state index contributed by atoms with van der Waals surface area (Å²) in [7, 11) is 0. The fourth-order valence-electron chi connectivity index (χ4n) is 1.51. The van der Waals surface area contributed by atoms with Crippen molar-refractivity contribution < 1.29 is 4.74 Å². The number of nitrogens with one attached hydrogen (secondary N) is 2. The van der Waals surface area contributed by atoms with Crippen molar-refractivity contribution in [3.8, 4) is 5.75 Å². The molecule has 0 aliphatic heterocycles. The van der Waals surface area contributed by atoms with E-state index in [1.54, 1.807) is 0 Å². The van der Waals surface area contributed by atoms with Crippen molar-refractivity contribution in [3.63, 3.8) is 0 Å². The third-order valence-electron chi connectivity index (χ3n) is 2.36. The molecule has 0 amide bonds. The summed E-state index contributed by atoms with van der Waals surface area (Å²) in [5.74, 6) is 0.931. The Kier molecular flexibility index (Phi) is 7.38. The molecule has 0 aromatic heterocycles. The highest BCUT2D eigenvalue weighted by atomic mass is 16.5. The van der Waals surface area contributed by atoms with Gasteiger partial charge in [-0.15, -0.1) is 0 Å². The lowest BCUT2D eigenvalue weighted by Gasteiger charge is -2.07. The highest BCUT2D eigenvalue weighted by Gasteiger charge is 1.94. The summed E-state index contributed by atoms with van der Waals surface area (Å²) < 4.78 is 5.39. The first-order chi connectivity index (χ1) is 8.36. The molecule has 0 aliphatic rings. The number of ether oxygens (including phenoxy) is 1. The SMILES string of the molecule is CCOc1ccc(CNCCNCCN)cc1. The average molecular weight is 237 g/mol. The van der Waals surface area contributed by atoms with Crippen LogP contribution in [0.15, 0.2) is 24.3 Å². The van der Waals surface area contributed by atoms with Crippen LogP contribution in [0.2, 0.25) is 0 Å². The van der Waals surface area contributed by atoms with Gasteiger partial charge in [-0.25, -0.2) is 0 Å². The van der Waals surface area contributed by atoms with E-state index in [0.29, 0.717) is 13.2 Å². The molecule has 0 heterocycles. The lowest BCUT2D eigenvalue weighted by Crippen LogP contribution is -2.30. The average Bonchev–Trinajstić information content (AvgIpc) is 2.36. The fraction of sp³-hybridized carbons (Fsp3) is 0.538. The largest absolute Gasteiger partial charge is 0.494 e. The highest BCUT2D eigenvalue weighted by molar-refractivity contribution is 5.27. The zero-order valence-corrected chi connectivity index (χ0v) is 10.5. The summed E-state index contributed by atoms with van der Waals surface area (Å²) in [5, 5.41) is 6.61. The predicted octanol–water partition coefficient (Wildman–Crippen LogP) is 0.723. The van der Waals surface area contributed by atoms with Gasteiger partial charge < -0.3 is 21.1 Å². The lowest BCUT2D eigenvalue weighted by atomic mass is 10.2. The first-order valence-corrected chi connectivity index (χ1v) is 6.20. The van der Waals surface area contributed by atoms with Gasteiger partial charge in [0.15, 0.2) is 0 Å². The van der Waals surface area contributed by atoms with Gasteiger partial charge in [-0.05, 0) is 24.6 Å². The molecule has 0 bridgehead atoms. The van der Waals surface area contributed by atoms with E-state index in [1.807, 2.05) is 19.1 Å². The van der Waals surface area contributed by atoms with Gasteiger partial charge in [0.05, 0.1) is 6.61 Å². The van der Waals surface area contributed by atoms with Crippen molar-refractivity contribution in [1.82, 2.24) is 10.6 Å². The lowest BCUT2D eigenvalue weighted by molar-refractivity contribution is 0.340. The molecule has 1 rings (SSSR count). The van der Waals surface area contributed by atoms with E-state index in [-0.39, 0.29) is 0 Å². The minimum absolute atomic E-state index is 0.693. The minimum atomic E-state index is 0.693. The Morgan fingerprint density at radius 2 is 1.76 bits per heavy atom. The van der Waals surface area contributed by atoms with Gasteiger partial charge in [-0.1, -0.05) is 12.1 Å². The van der Waals surface area contributed by atoms with Gasteiger partial charge in [-0.2, -0.15) is 0 Å². The molecular formula is C13H23N3O. The van der Waals surface area contributed by atoms with Crippen molar-refractivity contribution in [3.05, 3.63) is 29.8 Å². The van der Waals surface area contributed by atoms with E-state index < -0.39 is 0 Å². The van der Waals surface area contributed by atoms with Crippen LogP contribution in [0.5, 0.6) is 5.75 Å². The van der Waals surface area contributed by atoms with E-state index in [1.165, 1.54) is 5.56 Å². The fourth-order valence-corrected chi connectivity index (χ4v) is 1.51. The van der Waals surface area contributed by atoms with Gasteiger partial charge in [0.2, 0.25) is 0 Å². The second-order valence-corrected chi connectivity index (χ2v) is 3.79. The normalized spacial score (nSPS) is 10.5. The number of nitrogens with two attached hydrogens (primary N) is 1. The molecule has 4 nitrogen and oxygen atoms in total. The van der Waals surface area contributed by atoms with E-state index in [9.17, 15) is 0 Å². The maximum Gasteiger partial charge on any atom is 0.119 e. The molecule has 4 heteroatoms. The molecule has 0 aliphatic carbocycles. The van der Waals surface area contributed by atoms with Gasteiger partial charge in [0.1, 0.15) is 5.75 Å². The quantitative estimate of drug-likeness (QED) is 0.554. The van der Waals surface area contributed by atoms with Crippen molar-refractivity contribution in [1.29, 1.82) is 0 Å². The van der Waals surface area contributed by atoms with Crippen LogP contribution in [-0.2, 0) is 6.54 Å². The van der Waals surface area contributed by atoms with Gasteiger partial charge in [0, 0.05) is 32.7 Å². The van der Waals surface area contributed by atoms with Gasteiger partial charge >= 0.3 is 0 Å². The summed E-state index contributed by atoms with van der Waals surface area (Å²) in [6, 6.07) is 8.19. The van der Waals surface area contributed by atoms with Crippen LogP contribution in [0.4, 0.5) is 0 Å². The number of hydrogen-bond donors (Lipinski definition) is 3. The van der Waals surface area contributed by atoms with Crippen LogP contribution in [0.1, 0.15) is 12.5 Å². The second-order valence-electron chi connectivity index (χ2n) is 3.79. The van der Waals surface area contributed by atoms with Crippen LogP contribution >= 0.6 is 0 Å². The predicted molar refractivity (Wildman–Crippen MR) is 71.2 cm³/mol. The van der Waals surface area contributed by atoms with Crippen molar-refractivity contribution >= 4 is 0 Å². The minimum Gasteiger partial charge on any atom is -0.494 e. The maximum absolute atomic E-state index is 5.39. The van der Waals surface area contributed by atoms with Crippen molar-refractivity contribution in [2.45, 2.75) is 13.5 Å². The number of benzene rings is 1. The molecule has 0 atom stereocenters. The van der Waals surface area contributed by atoms with Crippen LogP contribution in [0, 0.1) is 0 Å². The molecule has 0 unspecified atom stereocenters. The van der Waals surface area contributed by atoms with Gasteiger partial charge in [-0.3, -0.25) is 0 Å². The Bertz CT molecular complexity index is 287.